The van der Waals surface area contributed by atoms with Gasteiger partial charge in [0.25, 0.3) is 0 Å². The summed E-state index contributed by atoms with van der Waals surface area (Å²) in [7, 11) is -5.11. The molecule has 46 valence electrons. The summed E-state index contributed by atoms with van der Waals surface area (Å²) >= 11 is 0. The molecule has 0 radical (unpaired) electrons. The van der Waals surface area contributed by atoms with Gasteiger partial charge in [-0.25, -0.2) is 0 Å². The van der Waals surface area contributed by atoms with Gasteiger partial charge in [0, 0.05) is 0 Å². The molecule has 0 aromatic carbocycles. The standard InChI is InChI=1S/CH6O5P/c1-6-7(2,3,4)5/h2-4H,1H3/q-1. The van der Waals surface area contributed by atoms with Gasteiger partial charge in [0.1, 0.15) is 0 Å². The molecule has 0 heterocycles. The average molecular weight is 129 g/mol. The summed E-state index contributed by atoms with van der Waals surface area (Å²) in [6, 6.07) is 0. The molecule has 0 aromatic heterocycles. The molecule has 0 bridgehead atoms. The van der Waals surface area contributed by atoms with Crippen molar-refractivity contribution in [2.24, 2.45) is 0 Å². The summed E-state index contributed by atoms with van der Waals surface area (Å²) < 4.78 is 3.37. The van der Waals surface area contributed by atoms with E-state index in [1.807, 2.05) is 0 Å². The zero-order chi connectivity index (χ0) is 6.15. The van der Waals surface area contributed by atoms with Crippen LogP contribution in [0.4, 0.5) is 0 Å². The van der Waals surface area contributed by atoms with Crippen LogP contribution in [0.15, 0.2) is 0 Å². The van der Waals surface area contributed by atoms with Crippen LogP contribution < -0.4 is 4.89 Å². The van der Waals surface area contributed by atoms with Gasteiger partial charge in [0.15, 0.2) is 0 Å². The molecule has 0 spiro atoms. The van der Waals surface area contributed by atoms with Gasteiger partial charge < -0.3 is 0 Å². The van der Waals surface area contributed by atoms with Gasteiger partial charge in [0.05, 0.1) is 0 Å². The van der Waals surface area contributed by atoms with E-state index in [1.54, 1.807) is 0 Å². The summed E-state index contributed by atoms with van der Waals surface area (Å²) in [5.41, 5.74) is 0. The van der Waals surface area contributed by atoms with Crippen molar-refractivity contribution >= 4 is 7.74 Å². The van der Waals surface area contributed by atoms with Crippen LogP contribution in [0.1, 0.15) is 0 Å². The first kappa shape index (κ1) is 7.23. The van der Waals surface area contributed by atoms with Crippen LogP contribution in [0.3, 0.4) is 0 Å². The van der Waals surface area contributed by atoms with Gasteiger partial charge in [-0.15, -0.1) is 0 Å². The van der Waals surface area contributed by atoms with Crippen molar-refractivity contribution in [3.05, 3.63) is 0 Å². The Morgan fingerprint density at radius 2 is 1.57 bits per heavy atom. The van der Waals surface area contributed by atoms with Crippen LogP contribution in [-0.4, -0.2) is 21.8 Å². The maximum atomic E-state index is 9.62. The normalized spacial score (nSPS) is 18.1. The van der Waals surface area contributed by atoms with Crippen molar-refractivity contribution in [3.63, 3.8) is 0 Å². The van der Waals surface area contributed by atoms with Gasteiger partial charge in [-0.3, -0.25) is 0 Å². The topological polar surface area (TPSA) is 93.0 Å². The molecule has 0 aliphatic heterocycles. The first-order valence-corrected chi connectivity index (χ1v) is 3.30. The molecule has 5 nitrogen and oxygen atoms in total. The van der Waals surface area contributed by atoms with Crippen molar-refractivity contribution in [2.75, 3.05) is 7.11 Å². The van der Waals surface area contributed by atoms with E-state index in [-0.39, 0.29) is 0 Å². The molecular formula is CH6O5P-. The zero-order valence-electron chi connectivity index (χ0n) is 3.61. The Hall–Kier alpha value is 0.230. The molecule has 0 aromatic rings. The van der Waals surface area contributed by atoms with E-state index >= 15 is 0 Å². The van der Waals surface area contributed by atoms with E-state index in [0.717, 1.165) is 0 Å². The molecule has 0 saturated heterocycles. The molecule has 0 aliphatic rings. The van der Waals surface area contributed by atoms with Crippen LogP contribution >= 0.6 is 7.74 Å². The van der Waals surface area contributed by atoms with E-state index in [4.69, 9.17) is 14.7 Å². The van der Waals surface area contributed by atoms with E-state index in [2.05, 4.69) is 4.52 Å². The number of hydrogen-bond acceptors (Lipinski definition) is 5. The molecule has 0 fully saturated rings. The fourth-order valence-electron chi connectivity index (χ4n) is 0. The van der Waals surface area contributed by atoms with Crippen LogP contribution in [-0.2, 0) is 4.52 Å². The fourth-order valence-corrected chi connectivity index (χ4v) is 0. The molecular weight excluding hydrogens is 123 g/mol. The summed E-state index contributed by atoms with van der Waals surface area (Å²) in [6.45, 7) is 0. The Bertz CT molecular complexity index is 60.6. The molecule has 0 rings (SSSR count). The first-order valence-electron chi connectivity index (χ1n) is 1.37. The molecule has 7 heavy (non-hydrogen) atoms. The van der Waals surface area contributed by atoms with Gasteiger partial charge in [-0.2, -0.15) is 0 Å². The number of rotatable bonds is 1. The second-order valence-electron chi connectivity index (χ2n) is 1.02. The minimum absolute atomic E-state index is 0.713. The van der Waals surface area contributed by atoms with Crippen molar-refractivity contribution in [2.45, 2.75) is 0 Å². The van der Waals surface area contributed by atoms with E-state index in [9.17, 15) is 4.89 Å². The van der Waals surface area contributed by atoms with Crippen LogP contribution in [0.2, 0.25) is 0 Å². The SMILES string of the molecule is COP([O-])(O)(O)O. The third-order valence-corrected chi connectivity index (χ3v) is 0.958. The molecule has 0 saturated carbocycles. The summed E-state index contributed by atoms with van der Waals surface area (Å²) in [4.78, 5) is 32.9. The van der Waals surface area contributed by atoms with Gasteiger partial charge in [0.2, 0.25) is 0 Å². The Labute approximate surface area is 40.1 Å². The minimum atomic E-state index is -5.83. The Kier molecular flexibility index (Phi) is 1.40. The monoisotopic (exact) mass is 129 g/mol. The van der Waals surface area contributed by atoms with Crippen molar-refractivity contribution in [1.29, 1.82) is 0 Å². The van der Waals surface area contributed by atoms with Crippen molar-refractivity contribution < 1.29 is 24.1 Å². The Balaban J connectivity index is 3.83. The van der Waals surface area contributed by atoms with E-state index in [0.29, 0.717) is 7.11 Å². The average Bonchev–Trinajstić information content (AvgIpc) is 1.32. The fraction of sp³-hybridized carbons (Fsp3) is 1.00. The van der Waals surface area contributed by atoms with Crippen LogP contribution in [0, 0.1) is 0 Å². The van der Waals surface area contributed by atoms with Crippen molar-refractivity contribution in [3.8, 4) is 0 Å². The van der Waals surface area contributed by atoms with Crippen LogP contribution in [0.5, 0.6) is 0 Å². The predicted molar refractivity (Wildman–Crippen MR) is 20.6 cm³/mol. The molecule has 6 heteroatoms. The molecule has 0 unspecified atom stereocenters. The van der Waals surface area contributed by atoms with Crippen molar-refractivity contribution in [1.82, 2.24) is 0 Å². The van der Waals surface area contributed by atoms with E-state index < -0.39 is 7.74 Å². The number of hydrogen-bond donors (Lipinski definition) is 3. The van der Waals surface area contributed by atoms with Gasteiger partial charge in [-0.1, -0.05) is 0 Å². The van der Waals surface area contributed by atoms with Crippen LogP contribution in [0.25, 0.3) is 0 Å². The van der Waals surface area contributed by atoms with Gasteiger partial charge >= 0.3 is 38.9 Å². The molecule has 0 aliphatic carbocycles. The molecule has 3 N–H and O–H groups in total. The molecule has 0 atom stereocenters. The molecule has 0 amide bonds. The van der Waals surface area contributed by atoms with E-state index in [1.165, 1.54) is 0 Å². The second kappa shape index (κ2) is 1.35. The Morgan fingerprint density at radius 3 is 1.57 bits per heavy atom. The third kappa shape index (κ3) is 6.23. The zero-order valence-corrected chi connectivity index (χ0v) is 4.50. The van der Waals surface area contributed by atoms with Gasteiger partial charge in [-0.05, 0) is 0 Å². The first-order chi connectivity index (χ1) is 2.81. The summed E-state index contributed by atoms with van der Waals surface area (Å²) in [6.07, 6.45) is 0. The predicted octanol–water partition coefficient (Wildman–Crippen LogP) is -1.90. The summed E-state index contributed by atoms with van der Waals surface area (Å²) in [5.74, 6) is 0. The quantitative estimate of drug-likeness (QED) is 0.359. The second-order valence-corrected chi connectivity index (χ2v) is 3.05. The Morgan fingerprint density at radius 1 is 1.43 bits per heavy atom. The summed E-state index contributed by atoms with van der Waals surface area (Å²) in [5, 5.41) is 0. The maximum absolute atomic E-state index is 9.62. The third-order valence-electron chi connectivity index (χ3n) is 0.319.